The molecule has 0 spiro atoms. The number of halogens is 1. The topological polar surface area (TPSA) is 58.4 Å². The van der Waals surface area contributed by atoms with Gasteiger partial charge in [0.05, 0.1) is 5.92 Å². The Bertz CT molecular complexity index is 450. The normalized spacial score (nSPS) is 18.5. The Morgan fingerprint density at radius 2 is 2.00 bits per heavy atom. The minimum atomic E-state index is 0. The van der Waals surface area contributed by atoms with Crippen LogP contribution in [0.1, 0.15) is 30.9 Å². The smallest absolute Gasteiger partial charge is 0.224 e. The molecule has 22 heavy (non-hydrogen) atoms. The maximum absolute atomic E-state index is 12.0. The molecule has 2 rings (SSSR count). The quantitative estimate of drug-likeness (QED) is 0.840. The second-order valence-corrected chi connectivity index (χ2v) is 5.82. The number of hydrogen-bond donors (Lipinski definition) is 2. The lowest BCUT2D eigenvalue weighted by atomic mass is 9.96. The van der Waals surface area contributed by atoms with Crippen molar-refractivity contribution in [3.8, 4) is 0 Å². The SMILES string of the molecule is CCc1ccc(CN2CCCC(C(=O)NCCN)C2)cc1.Cl. The monoisotopic (exact) mass is 325 g/mol. The van der Waals surface area contributed by atoms with E-state index in [2.05, 4.69) is 41.4 Å². The predicted molar refractivity (Wildman–Crippen MR) is 93.1 cm³/mol. The number of nitrogens with two attached hydrogens (primary N) is 1. The van der Waals surface area contributed by atoms with Crippen molar-refractivity contribution in [2.24, 2.45) is 11.7 Å². The molecule has 1 aliphatic heterocycles. The van der Waals surface area contributed by atoms with Crippen LogP contribution in [0.3, 0.4) is 0 Å². The number of nitrogens with zero attached hydrogens (tertiary/aromatic N) is 1. The fourth-order valence-electron chi connectivity index (χ4n) is 2.89. The number of amides is 1. The summed E-state index contributed by atoms with van der Waals surface area (Å²) < 4.78 is 0. The number of carbonyl (C=O) groups excluding carboxylic acids is 1. The number of nitrogens with one attached hydrogen (secondary N) is 1. The highest BCUT2D eigenvalue weighted by molar-refractivity contribution is 5.85. The molecule has 1 heterocycles. The number of rotatable bonds is 6. The third kappa shape index (κ3) is 5.59. The molecule has 1 atom stereocenters. The fraction of sp³-hybridized carbons (Fsp3) is 0.588. The third-order valence-corrected chi connectivity index (χ3v) is 4.16. The molecule has 0 aromatic heterocycles. The molecule has 0 radical (unpaired) electrons. The van der Waals surface area contributed by atoms with Crippen molar-refractivity contribution in [2.45, 2.75) is 32.7 Å². The molecule has 0 saturated carbocycles. The van der Waals surface area contributed by atoms with Gasteiger partial charge in [0, 0.05) is 26.2 Å². The summed E-state index contributed by atoms with van der Waals surface area (Å²) in [6.45, 7) is 6.12. The van der Waals surface area contributed by atoms with Crippen LogP contribution >= 0.6 is 12.4 Å². The highest BCUT2D eigenvalue weighted by Crippen LogP contribution is 2.19. The Labute approximate surface area is 139 Å². The Morgan fingerprint density at radius 3 is 2.64 bits per heavy atom. The first-order chi connectivity index (χ1) is 10.2. The van der Waals surface area contributed by atoms with Gasteiger partial charge in [-0.1, -0.05) is 31.2 Å². The maximum atomic E-state index is 12.0. The molecule has 0 aliphatic carbocycles. The van der Waals surface area contributed by atoms with E-state index in [1.807, 2.05) is 0 Å². The van der Waals surface area contributed by atoms with Crippen molar-refractivity contribution in [3.05, 3.63) is 35.4 Å². The molecule has 3 N–H and O–H groups in total. The molecule has 1 amide bonds. The van der Waals surface area contributed by atoms with Gasteiger partial charge < -0.3 is 11.1 Å². The number of piperidine rings is 1. The Balaban J connectivity index is 0.00000242. The zero-order chi connectivity index (χ0) is 15.1. The largest absolute Gasteiger partial charge is 0.355 e. The van der Waals surface area contributed by atoms with Crippen molar-refractivity contribution in [2.75, 3.05) is 26.2 Å². The number of benzene rings is 1. The first kappa shape index (κ1) is 18.9. The van der Waals surface area contributed by atoms with Crippen LogP contribution in [0.4, 0.5) is 0 Å². The molecule has 1 saturated heterocycles. The molecule has 4 nitrogen and oxygen atoms in total. The molecule has 1 aliphatic rings. The second kappa shape index (κ2) is 9.82. The van der Waals surface area contributed by atoms with Gasteiger partial charge in [-0.2, -0.15) is 0 Å². The summed E-state index contributed by atoms with van der Waals surface area (Å²) in [5.74, 6) is 0.270. The minimum Gasteiger partial charge on any atom is -0.355 e. The summed E-state index contributed by atoms with van der Waals surface area (Å²) in [4.78, 5) is 14.4. The second-order valence-electron chi connectivity index (χ2n) is 5.82. The van der Waals surface area contributed by atoms with Gasteiger partial charge in [-0.15, -0.1) is 12.4 Å². The van der Waals surface area contributed by atoms with E-state index in [9.17, 15) is 4.79 Å². The molecule has 124 valence electrons. The van der Waals surface area contributed by atoms with Gasteiger partial charge in [0.2, 0.25) is 5.91 Å². The maximum Gasteiger partial charge on any atom is 0.224 e. The highest BCUT2D eigenvalue weighted by atomic mass is 35.5. The minimum absolute atomic E-state index is 0. The fourth-order valence-corrected chi connectivity index (χ4v) is 2.89. The van der Waals surface area contributed by atoms with Crippen LogP contribution in [-0.4, -0.2) is 37.0 Å². The average Bonchev–Trinajstić information content (AvgIpc) is 2.53. The van der Waals surface area contributed by atoms with E-state index in [4.69, 9.17) is 5.73 Å². The molecule has 5 heteroatoms. The van der Waals surface area contributed by atoms with Crippen molar-refractivity contribution < 1.29 is 4.79 Å². The van der Waals surface area contributed by atoms with Crippen LogP contribution in [0.2, 0.25) is 0 Å². The van der Waals surface area contributed by atoms with Gasteiger partial charge in [-0.25, -0.2) is 0 Å². The van der Waals surface area contributed by atoms with Crippen LogP contribution in [0.25, 0.3) is 0 Å². The number of hydrogen-bond acceptors (Lipinski definition) is 3. The first-order valence-electron chi connectivity index (χ1n) is 8.01. The molecular weight excluding hydrogens is 298 g/mol. The van der Waals surface area contributed by atoms with E-state index in [1.54, 1.807) is 0 Å². The van der Waals surface area contributed by atoms with Crippen molar-refractivity contribution in [3.63, 3.8) is 0 Å². The van der Waals surface area contributed by atoms with E-state index in [0.29, 0.717) is 13.1 Å². The first-order valence-corrected chi connectivity index (χ1v) is 8.01. The van der Waals surface area contributed by atoms with Gasteiger partial charge in [0.15, 0.2) is 0 Å². The van der Waals surface area contributed by atoms with Gasteiger partial charge >= 0.3 is 0 Å². The Kier molecular flexibility index (Phi) is 8.46. The Morgan fingerprint density at radius 1 is 1.32 bits per heavy atom. The number of carbonyl (C=O) groups is 1. The van der Waals surface area contributed by atoms with Crippen LogP contribution in [0, 0.1) is 5.92 Å². The highest BCUT2D eigenvalue weighted by Gasteiger charge is 2.25. The third-order valence-electron chi connectivity index (χ3n) is 4.16. The van der Waals surface area contributed by atoms with Crippen LogP contribution < -0.4 is 11.1 Å². The van der Waals surface area contributed by atoms with E-state index in [-0.39, 0.29) is 24.2 Å². The van der Waals surface area contributed by atoms with Crippen LogP contribution in [0.15, 0.2) is 24.3 Å². The molecule has 1 aromatic carbocycles. The summed E-state index contributed by atoms with van der Waals surface area (Å²) >= 11 is 0. The van der Waals surface area contributed by atoms with Gasteiger partial charge in [-0.05, 0) is 36.9 Å². The molecule has 1 fully saturated rings. The Hall–Kier alpha value is -1.10. The molecule has 1 aromatic rings. The van der Waals surface area contributed by atoms with Crippen molar-refractivity contribution >= 4 is 18.3 Å². The zero-order valence-corrected chi connectivity index (χ0v) is 14.2. The standard InChI is InChI=1S/C17H27N3O.ClH/c1-2-14-5-7-15(8-6-14)12-20-11-3-4-16(13-20)17(21)19-10-9-18;/h5-8,16H,2-4,9-13,18H2,1H3,(H,19,21);1H. The van der Waals surface area contributed by atoms with E-state index in [0.717, 1.165) is 38.9 Å². The van der Waals surface area contributed by atoms with Crippen LogP contribution in [-0.2, 0) is 17.8 Å². The lowest BCUT2D eigenvalue weighted by Gasteiger charge is -2.32. The zero-order valence-electron chi connectivity index (χ0n) is 13.4. The molecule has 1 unspecified atom stereocenters. The summed E-state index contributed by atoms with van der Waals surface area (Å²) in [6.07, 6.45) is 3.16. The van der Waals surface area contributed by atoms with Gasteiger partial charge in [0.1, 0.15) is 0 Å². The van der Waals surface area contributed by atoms with Crippen molar-refractivity contribution in [1.82, 2.24) is 10.2 Å². The average molecular weight is 326 g/mol. The molecular formula is C17H28ClN3O. The summed E-state index contributed by atoms with van der Waals surface area (Å²) in [7, 11) is 0. The van der Waals surface area contributed by atoms with Crippen molar-refractivity contribution in [1.29, 1.82) is 0 Å². The molecule has 0 bridgehead atoms. The van der Waals surface area contributed by atoms with E-state index >= 15 is 0 Å². The number of likely N-dealkylation sites (tertiary alicyclic amines) is 1. The predicted octanol–water partition coefficient (Wildman–Crippen LogP) is 1.96. The van der Waals surface area contributed by atoms with Crippen LogP contribution in [0.5, 0.6) is 0 Å². The van der Waals surface area contributed by atoms with E-state index < -0.39 is 0 Å². The lowest BCUT2D eigenvalue weighted by molar-refractivity contribution is -0.126. The summed E-state index contributed by atoms with van der Waals surface area (Å²) in [5.41, 5.74) is 8.13. The number of aryl methyl sites for hydroxylation is 1. The van der Waals surface area contributed by atoms with Gasteiger partial charge in [-0.3, -0.25) is 9.69 Å². The summed E-state index contributed by atoms with van der Waals surface area (Å²) in [5, 5.41) is 2.91. The summed E-state index contributed by atoms with van der Waals surface area (Å²) in [6, 6.07) is 8.81. The van der Waals surface area contributed by atoms with E-state index in [1.165, 1.54) is 11.1 Å². The van der Waals surface area contributed by atoms with Gasteiger partial charge in [0.25, 0.3) is 0 Å². The lowest BCUT2D eigenvalue weighted by Crippen LogP contribution is -2.43.